The maximum atomic E-state index is 5.64. The zero-order valence-electron chi connectivity index (χ0n) is 10.4. The Kier molecular flexibility index (Phi) is 3.58. The van der Waals surface area contributed by atoms with Crippen LogP contribution in [0.2, 0.25) is 0 Å². The number of nitrogens with one attached hydrogen (secondary N) is 1. The van der Waals surface area contributed by atoms with E-state index in [0.717, 1.165) is 28.1 Å². The van der Waals surface area contributed by atoms with Gasteiger partial charge >= 0.3 is 0 Å². The first-order valence-electron chi connectivity index (χ1n) is 5.66. The van der Waals surface area contributed by atoms with Crippen molar-refractivity contribution in [3.05, 3.63) is 53.3 Å². The lowest BCUT2D eigenvalue weighted by molar-refractivity contribution is 1.28. The minimum Gasteiger partial charge on any atom is -0.389 e. The van der Waals surface area contributed by atoms with Crippen LogP contribution in [-0.2, 0) is 0 Å². The molecule has 0 amide bonds. The molecule has 0 aliphatic heterocycles. The van der Waals surface area contributed by atoms with Gasteiger partial charge in [-0.15, -0.1) is 0 Å². The van der Waals surface area contributed by atoms with E-state index >= 15 is 0 Å². The molecular formula is C14H15N3S. The first kappa shape index (κ1) is 12.5. The Bertz CT molecular complexity index is 593. The van der Waals surface area contributed by atoms with Crippen molar-refractivity contribution < 1.29 is 0 Å². The second-order valence-corrected chi connectivity index (χ2v) is 4.65. The van der Waals surface area contributed by atoms with Gasteiger partial charge in [0.2, 0.25) is 0 Å². The Hall–Kier alpha value is -1.94. The number of hydrogen-bond donors (Lipinski definition) is 2. The van der Waals surface area contributed by atoms with Crippen LogP contribution in [0.4, 0.5) is 11.4 Å². The quantitative estimate of drug-likeness (QED) is 0.830. The minimum absolute atomic E-state index is 0.427. The van der Waals surface area contributed by atoms with Crippen molar-refractivity contribution in [3.63, 3.8) is 0 Å². The molecule has 3 N–H and O–H groups in total. The van der Waals surface area contributed by atoms with Gasteiger partial charge in [0.05, 0.1) is 11.9 Å². The van der Waals surface area contributed by atoms with Gasteiger partial charge in [0.25, 0.3) is 0 Å². The SMILES string of the molecule is Cc1ccncc1Nc1ccc(C(N)=S)c(C)c1. The summed E-state index contributed by atoms with van der Waals surface area (Å²) in [5.74, 6) is 0. The summed E-state index contributed by atoms with van der Waals surface area (Å²) in [7, 11) is 0. The van der Waals surface area contributed by atoms with E-state index in [1.165, 1.54) is 0 Å². The number of nitrogens with zero attached hydrogens (tertiary/aromatic N) is 1. The van der Waals surface area contributed by atoms with Gasteiger partial charge in [0.15, 0.2) is 0 Å². The molecule has 0 bridgehead atoms. The number of thiocarbonyl (C=S) groups is 1. The van der Waals surface area contributed by atoms with Crippen molar-refractivity contribution in [1.29, 1.82) is 0 Å². The van der Waals surface area contributed by atoms with Gasteiger partial charge in [-0.1, -0.05) is 12.2 Å². The number of hydrogen-bond acceptors (Lipinski definition) is 3. The maximum absolute atomic E-state index is 5.64. The van der Waals surface area contributed by atoms with Gasteiger partial charge in [-0.05, 0) is 49.2 Å². The van der Waals surface area contributed by atoms with Gasteiger partial charge in [-0.2, -0.15) is 0 Å². The number of anilines is 2. The van der Waals surface area contributed by atoms with E-state index < -0.39 is 0 Å². The Morgan fingerprint density at radius 2 is 2.00 bits per heavy atom. The van der Waals surface area contributed by atoms with Crippen LogP contribution in [-0.4, -0.2) is 9.97 Å². The molecule has 2 rings (SSSR count). The average Bonchev–Trinajstić information content (AvgIpc) is 2.32. The van der Waals surface area contributed by atoms with Crippen LogP contribution in [0.1, 0.15) is 16.7 Å². The van der Waals surface area contributed by atoms with Crippen molar-refractivity contribution in [2.45, 2.75) is 13.8 Å². The van der Waals surface area contributed by atoms with Crippen molar-refractivity contribution in [2.24, 2.45) is 5.73 Å². The van der Waals surface area contributed by atoms with Crippen LogP contribution in [0, 0.1) is 13.8 Å². The highest BCUT2D eigenvalue weighted by Gasteiger charge is 2.04. The molecular weight excluding hydrogens is 242 g/mol. The van der Waals surface area contributed by atoms with Crippen molar-refractivity contribution in [1.82, 2.24) is 4.98 Å². The first-order valence-corrected chi connectivity index (χ1v) is 6.07. The summed E-state index contributed by atoms with van der Waals surface area (Å²) >= 11 is 4.99. The standard InChI is InChI=1S/C14H15N3S/c1-9-5-6-16-8-13(9)17-11-3-4-12(14(15)18)10(2)7-11/h3-8,17H,1-2H3,(H2,15,18). The van der Waals surface area contributed by atoms with Gasteiger partial charge in [0.1, 0.15) is 4.99 Å². The van der Waals surface area contributed by atoms with Crippen LogP contribution in [0.15, 0.2) is 36.7 Å². The lowest BCUT2D eigenvalue weighted by Gasteiger charge is -2.11. The van der Waals surface area contributed by atoms with Gasteiger partial charge in [0, 0.05) is 17.4 Å². The normalized spacial score (nSPS) is 10.1. The monoisotopic (exact) mass is 257 g/mol. The molecule has 0 spiro atoms. The Morgan fingerprint density at radius 1 is 1.22 bits per heavy atom. The topological polar surface area (TPSA) is 50.9 Å². The Balaban J connectivity index is 2.29. The number of benzene rings is 1. The van der Waals surface area contributed by atoms with E-state index in [1.54, 1.807) is 6.20 Å². The summed E-state index contributed by atoms with van der Waals surface area (Å²) < 4.78 is 0. The molecule has 18 heavy (non-hydrogen) atoms. The number of nitrogens with two attached hydrogens (primary N) is 1. The molecule has 0 fully saturated rings. The van der Waals surface area contributed by atoms with Crippen LogP contribution in [0.25, 0.3) is 0 Å². The van der Waals surface area contributed by atoms with Crippen molar-refractivity contribution in [3.8, 4) is 0 Å². The van der Waals surface area contributed by atoms with E-state index in [4.69, 9.17) is 18.0 Å². The second-order valence-electron chi connectivity index (χ2n) is 4.21. The third kappa shape index (κ3) is 2.65. The van der Waals surface area contributed by atoms with E-state index in [2.05, 4.69) is 10.3 Å². The molecule has 4 heteroatoms. The molecule has 0 radical (unpaired) electrons. The van der Waals surface area contributed by atoms with Crippen LogP contribution in [0.3, 0.4) is 0 Å². The molecule has 0 saturated heterocycles. The predicted octanol–water partition coefficient (Wildman–Crippen LogP) is 3.08. The third-order valence-corrected chi connectivity index (χ3v) is 3.03. The summed E-state index contributed by atoms with van der Waals surface area (Å²) in [5, 5.41) is 3.33. The smallest absolute Gasteiger partial charge is 0.104 e. The number of aromatic nitrogens is 1. The Morgan fingerprint density at radius 3 is 2.61 bits per heavy atom. The fourth-order valence-corrected chi connectivity index (χ4v) is 2.00. The summed E-state index contributed by atoms with van der Waals surface area (Å²) in [4.78, 5) is 4.53. The van der Waals surface area contributed by atoms with E-state index in [9.17, 15) is 0 Å². The summed E-state index contributed by atoms with van der Waals surface area (Å²) in [5.41, 5.74) is 10.8. The summed E-state index contributed by atoms with van der Waals surface area (Å²) in [6.45, 7) is 4.04. The zero-order valence-corrected chi connectivity index (χ0v) is 11.2. The lowest BCUT2D eigenvalue weighted by atomic mass is 10.1. The fraction of sp³-hybridized carbons (Fsp3) is 0.143. The molecule has 1 heterocycles. The van der Waals surface area contributed by atoms with Gasteiger partial charge in [-0.25, -0.2) is 0 Å². The molecule has 1 aromatic carbocycles. The van der Waals surface area contributed by atoms with Crippen molar-refractivity contribution >= 4 is 28.6 Å². The summed E-state index contributed by atoms with van der Waals surface area (Å²) in [6.07, 6.45) is 3.59. The van der Waals surface area contributed by atoms with Crippen molar-refractivity contribution in [2.75, 3.05) is 5.32 Å². The molecule has 2 aromatic rings. The third-order valence-electron chi connectivity index (χ3n) is 2.81. The van der Waals surface area contributed by atoms with Crippen LogP contribution in [0.5, 0.6) is 0 Å². The van der Waals surface area contributed by atoms with Crippen LogP contribution >= 0.6 is 12.2 Å². The number of aryl methyl sites for hydroxylation is 2. The number of pyridine rings is 1. The predicted molar refractivity (Wildman–Crippen MR) is 79.3 cm³/mol. The fourth-order valence-electron chi connectivity index (χ4n) is 1.77. The largest absolute Gasteiger partial charge is 0.389 e. The lowest BCUT2D eigenvalue weighted by Crippen LogP contribution is -2.11. The van der Waals surface area contributed by atoms with E-state index in [0.29, 0.717) is 4.99 Å². The highest BCUT2D eigenvalue weighted by Crippen LogP contribution is 2.21. The number of rotatable bonds is 3. The maximum Gasteiger partial charge on any atom is 0.104 e. The average molecular weight is 257 g/mol. The molecule has 3 nitrogen and oxygen atoms in total. The molecule has 0 unspecified atom stereocenters. The van der Waals surface area contributed by atoms with Gasteiger partial charge < -0.3 is 11.1 Å². The minimum atomic E-state index is 0.427. The Labute approximate surface area is 112 Å². The zero-order chi connectivity index (χ0) is 13.1. The molecule has 0 aliphatic rings. The molecule has 0 atom stereocenters. The molecule has 0 aliphatic carbocycles. The van der Waals surface area contributed by atoms with Crippen LogP contribution < -0.4 is 11.1 Å². The highest BCUT2D eigenvalue weighted by molar-refractivity contribution is 7.80. The van der Waals surface area contributed by atoms with Gasteiger partial charge in [-0.3, -0.25) is 4.98 Å². The van der Waals surface area contributed by atoms with E-state index in [-0.39, 0.29) is 0 Å². The summed E-state index contributed by atoms with van der Waals surface area (Å²) in [6, 6.07) is 7.90. The molecule has 1 aromatic heterocycles. The molecule has 0 saturated carbocycles. The molecule has 92 valence electrons. The first-order chi connectivity index (χ1) is 8.58. The van der Waals surface area contributed by atoms with E-state index in [1.807, 2.05) is 44.3 Å². The highest BCUT2D eigenvalue weighted by atomic mass is 32.1. The second kappa shape index (κ2) is 5.14.